The zero-order chi connectivity index (χ0) is 22.3. The summed E-state index contributed by atoms with van der Waals surface area (Å²) < 4.78 is 2.12. The second kappa shape index (κ2) is 8.03. The van der Waals surface area contributed by atoms with Crippen LogP contribution in [0, 0.1) is 17.0 Å². The fourth-order valence-electron chi connectivity index (χ4n) is 3.81. The Hall–Kier alpha value is -3.39. The Morgan fingerprint density at radius 1 is 1.10 bits per heavy atom. The first-order chi connectivity index (χ1) is 14.8. The maximum Gasteiger partial charge on any atom is 0.293 e. The van der Waals surface area contributed by atoms with Crippen molar-refractivity contribution in [1.29, 1.82) is 0 Å². The molecule has 3 aromatic rings. The van der Waals surface area contributed by atoms with Crippen molar-refractivity contribution in [3.63, 3.8) is 0 Å². The van der Waals surface area contributed by atoms with E-state index < -0.39 is 4.92 Å². The summed E-state index contributed by atoms with van der Waals surface area (Å²) in [6.07, 6.45) is 1.80. The second-order valence-corrected chi connectivity index (χ2v) is 8.66. The molecule has 8 heteroatoms. The average Bonchev–Trinajstić information content (AvgIpc) is 3.16. The van der Waals surface area contributed by atoms with Crippen LogP contribution in [0.15, 0.2) is 53.4 Å². The summed E-state index contributed by atoms with van der Waals surface area (Å²) in [6.45, 7) is 6.15. The summed E-state index contributed by atoms with van der Waals surface area (Å²) in [5, 5.41) is 11.7. The van der Waals surface area contributed by atoms with Gasteiger partial charge in [-0.2, -0.15) is 0 Å². The highest BCUT2D eigenvalue weighted by molar-refractivity contribution is 8.18. The maximum atomic E-state index is 12.7. The van der Waals surface area contributed by atoms with Gasteiger partial charge in [0.05, 0.1) is 9.83 Å². The number of aromatic nitrogens is 1. The van der Waals surface area contributed by atoms with E-state index in [1.165, 1.54) is 17.0 Å². The molecule has 0 spiro atoms. The number of hydrogen-bond donors (Lipinski definition) is 0. The van der Waals surface area contributed by atoms with Crippen molar-refractivity contribution in [1.82, 2.24) is 9.47 Å². The van der Waals surface area contributed by atoms with Gasteiger partial charge in [-0.25, -0.2) is 0 Å². The number of fused-ring (bicyclic) bond motifs is 1. The number of non-ortho nitro benzene ring substituents is 1. The Kier molecular flexibility index (Phi) is 5.41. The minimum absolute atomic E-state index is 0.0550. The van der Waals surface area contributed by atoms with E-state index in [0.29, 0.717) is 11.4 Å². The molecular formula is C23H21N3O4S. The number of carbonyl (C=O) groups is 2. The molecule has 0 unspecified atom stereocenters. The molecule has 2 amide bonds. The van der Waals surface area contributed by atoms with Gasteiger partial charge < -0.3 is 4.57 Å². The molecule has 31 heavy (non-hydrogen) atoms. The molecule has 4 rings (SSSR count). The summed E-state index contributed by atoms with van der Waals surface area (Å²) in [6, 6.07) is 14.2. The number of thioether (sulfide) groups is 1. The topological polar surface area (TPSA) is 85.5 Å². The van der Waals surface area contributed by atoms with Crippen LogP contribution in [0.3, 0.4) is 0 Å². The number of benzene rings is 2. The molecule has 7 nitrogen and oxygen atoms in total. The lowest BCUT2D eigenvalue weighted by atomic mass is 10.1. The standard InChI is InChI=1S/C23H21N3O4S/c1-14(2)25-22(27)21(31-23(25)28)12-19-15(3)24(20-7-5-4-6-18(19)20)13-16-8-10-17(11-9-16)26(29)30/h4-12,14H,13H2,1-3H3/b21-12+. The number of nitro groups is 1. The van der Waals surface area contributed by atoms with Crippen molar-refractivity contribution in [3.05, 3.63) is 80.4 Å². The van der Waals surface area contributed by atoms with Gasteiger partial charge in [0, 0.05) is 46.9 Å². The molecule has 158 valence electrons. The molecule has 0 bridgehead atoms. The highest BCUT2D eigenvalue weighted by Crippen LogP contribution is 2.36. The Labute approximate surface area is 183 Å². The lowest BCUT2D eigenvalue weighted by Crippen LogP contribution is -2.34. The van der Waals surface area contributed by atoms with Crippen molar-refractivity contribution in [3.8, 4) is 0 Å². The van der Waals surface area contributed by atoms with Crippen molar-refractivity contribution in [2.24, 2.45) is 0 Å². The minimum Gasteiger partial charge on any atom is -0.340 e. The van der Waals surface area contributed by atoms with Gasteiger partial charge in [-0.1, -0.05) is 30.3 Å². The van der Waals surface area contributed by atoms with E-state index in [4.69, 9.17) is 0 Å². The normalized spacial score (nSPS) is 15.6. The van der Waals surface area contributed by atoms with Gasteiger partial charge in [0.15, 0.2) is 0 Å². The van der Waals surface area contributed by atoms with Crippen LogP contribution < -0.4 is 0 Å². The number of carbonyl (C=O) groups excluding carboxylic acids is 2. The number of rotatable bonds is 5. The van der Waals surface area contributed by atoms with Gasteiger partial charge in [0.25, 0.3) is 16.8 Å². The van der Waals surface area contributed by atoms with Gasteiger partial charge in [-0.05, 0) is 50.2 Å². The largest absolute Gasteiger partial charge is 0.340 e. The SMILES string of the molecule is Cc1c(/C=C2/SC(=O)N(C(C)C)C2=O)c2ccccc2n1Cc1ccc([N+](=O)[O-])cc1. The maximum absolute atomic E-state index is 12.7. The lowest BCUT2D eigenvalue weighted by Gasteiger charge is -2.16. The van der Waals surface area contributed by atoms with E-state index in [2.05, 4.69) is 4.57 Å². The predicted octanol–water partition coefficient (Wildman–Crippen LogP) is 5.35. The number of nitro benzene ring substituents is 1. The van der Waals surface area contributed by atoms with Crippen LogP contribution in [0.4, 0.5) is 10.5 Å². The number of amides is 2. The van der Waals surface area contributed by atoms with Gasteiger partial charge >= 0.3 is 0 Å². The average molecular weight is 436 g/mol. The molecule has 1 aromatic heterocycles. The van der Waals surface area contributed by atoms with E-state index in [-0.39, 0.29) is 22.9 Å². The summed E-state index contributed by atoms with van der Waals surface area (Å²) in [7, 11) is 0. The number of para-hydroxylation sites is 1. The Morgan fingerprint density at radius 3 is 2.39 bits per heavy atom. The summed E-state index contributed by atoms with van der Waals surface area (Å²) in [4.78, 5) is 37.2. The number of hydrogen-bond acceptors (Lipinski definition) is 5. The van der Waals surface area contributed by atoms with Gasteiger partial charge in [-0.3, -0.25) is 24.6 Å². The fourth-order valence-corrected chi connectivity index (χ4v) is 4.75. The molecule has 1 fully saturated rings. The Bertz CT molecular complexity index is 1240. The first kappa shape index (κ1) is 20.9. The predicted molar refractivity (Wildman–Crippen MR) is 122 cm³/mol. The van der Waals surface area contributed by atoms with Crippen molar-refractivity contribution in [2.75, 3.05) is 0 Å². The van der Waals surface area contributed by atoms with Crippen LogP contribution in [0.1, 0.15) is 30.7 Å². The first-order valence-electron chi connectivity index (χ1n) is 9.86. The van der Waals surface area contributed by atoms with Crippen LogP contribution >= 0.6 is 11.8 Å². The van der Waals surface area contributed by atoms with Gasteiger partial charge in [0.2, 0.25) is 0 Å². The van der Waals surface area contributed by atoms with E-state index in [0.717, 1.165) is 39.5 Å². The summed E-state index contributed by atoms with van der Waals surface area (Å²) in [5.74, 6) is -0.267. The monoisotopic (exact) mass is 435 g/mol. The lowest BCUT2D eigenvalue weighted by molar-refractivity contribution is -0.384. The third-order valence-corrected chi connectivity index (χ3v) is 6.27. The van der Waals surface area contributed by atoms with Crippen LogP contribution in [0.5, 0.6) is 0 Å². The third-order valence-electron chi connectivity index (χ3n) is 5.38. The van der Waals surface area contributed by atoms with E-state index in [1.807, 2.05) is 45.0 Å². The molecule has 0 saturated carbocycles. The fraction of sp³-hybridized carbons (Fsp3) is 0.217. The molecule has 2 aromatic carbocycles. The van der Waals surface area contributed by atoms with E-state index in [1.54, 1.807) is 18.2 Å². The van der Waals surface area contributed by atoms with Crippen molar-refractivity contribution < 1.29 is 14.5 Å². The Balaban J connectivity index is 1.77. The summed E-state index contributed by atoms with van der Waals surface area (Å²) >= 11 is 0.965. The smallest absolute Gasteiger partial charge is 0.293 e. The first-order valence-corrected chi connectivity index (χ1v) is 10.7. The van der Waals surface area contributed by atoms with Crippen LogP contribution in [0.25, 0.3) is 17.0 Å². The number of imide groups is 1. The van der Waals surface area contributed by atoms with Crippen LogP contribution in [-0.4, -0.2) is 31.6 Å². The molecular weight excluding hydrogens is 414 g/mol. The van der Waals surface area contributed by atoms with E-state index >= 15 is 0 Å². The highest BCUT2D eigenvalue weighted by atomic mass is 32.2. The van der Waals surface area contributed by atoms with Crippen molar-refractivity contribution >= 4 is 45.6 Å². The molecule has 0 aliphatic carbocycles. The molecule has 0 N–H and O–H groups in total. The van der Waals surface area contributed by atoms with Crippen LogP contribution in [0.2, 0.25) is 0 Å². The number of nitrogens with zero attached hydrogens (tertiary/aromatic N) is 3. The van der Waals surface area contributed by atoms with Gasteiger partial charge in [-0.15, -0.1) is 0 Å². The molecule has 1 aliphatic heterocycles. The zero-order valence-electron chi connectivity index (χ0n) is 17.4. The molecule has 1 saturated heterocycles. The molecule has 0 radical (unpaired) electrons. The quantitative estimate of drug-likeness (QED) is 0.306. The molecule has 1 aliphatic rings. The minimum atomic E-state index is -0.414. The molecule has 2 heterocycles. The highest BCUT2D eigenvalue weighted by Gasteiger charge is 2.37. The van der Waals surface area contributed by atoms with E-state index in [9.17, 15) is 19.7 Å². The Morgan fingerprint density at radius 2 is 1.77 bits per heavy atom. The van der Waals surface area contributed by atoms with Crippen molar-refractivity contribution in [2.45, 2.75) is 33.4 Å². The zero-order valence-corrected chi connectivity index (χ0v) is 18.2. The second-order valence-electron chi connectivity index (χ2n) is 7.67. The third kappa shape index (κ3) is 3.74. The van der Waals surface area contributed by atoms with Gasteiger partial charge in [0.1, 0.15) is 0 Å². The van der Waals surface area contributed by atoms with Crippen LogP contribution in [-0.2, 0) is 11.3 Å². The summed E-state index contributed by atoms with van der Waals surface area (Å²) in [5.41, 5.74) is 3.83. The molecule has 0 atom stereocenters.